The molecule has 1 unspecified atom stereocenters. The van der Waals surface area contributed by atoms with E-state index >= 15 is 0 Å². The Morgan fingerprint density at radius 1 is 1.33 bits per heavy atom. The van der Waals surface area contributed by atoms with E-state index in [0.29, 0.717) is 11.3 Å². The first-order chi connectivity index (χ1) is 8.47. The minimum atomic E-state index is -0.478. The first-order valence-electron chi connectivity index (χ1n) is 5.40. The molecule has 0 radical (unpaired) electrons. The molecule has 0 saturated heterocycles. The molecule has 0 aromatic heterocycles. The largest absolute Gasteiger partial charge is 0.399 e. The summed E-state index contributed by atoms with van der Waals surface area (Å²) < 4.78 is 11.1. The Hall–Kier alpha value is -0.860. The van der Waals surface area contributed by atoms with Crippen molar-refractivity contribution >= 4 is 34.2 Å². The molecule has 0 aliphatic heterocycles. The maximum Gasteiger partial charge on any atom is 0.251 e. The van der Waals surface area contributed by atoms with Gasteiger partial charge in [0, 0.05) is 29.0 Å². The van der Waals surface area contributed by atoms with Crippen molar-refractivity contribution in [3.63, 3.8) is 0 Å². The molecule has 0 bridgehead atoms. The van der Waals surface area contributed by atoms with E-state index in [1.165, 1.54) is 14.2 Å². The average molecular weight is 364 g/mol. The quantitative estimate of drug-likeness (QED) is 0.473. The van der Waals surface area contributed by atoms with Crippen LogP contribution in [0.1, 0.15) is 17.3 Å². The number of carbonyl (C=O) groups excluding carboxylic acids is 1. The van der Waals surface area contributed by atoms with E-state index in [1.807, 2.05) is 6.92 Å². The molecule has 0 heterocycles. The number of halogens is 1. The van der Waals surface area contributed by atoms with Gasteiger partial charge in [0.15, 0.2) is 6.29 Å². The number of methoxy groups -OCH3 is 2. The molecule has 0 fully saturated rings. The van der Waals surface area contributed by atoms with Crippen molar-refractivity contribution in [2.45, 2.75) is 19.3 Å². The predicted molar refractivity (Wildman–Crippen MR) is 78.3 cm³/mol. The van der Waals surface area contributed by atoms with Crippen molar-refractivity contribution in [3.8, 4) is 0 Å². The van der Waals surface area contributed by atoms with Gasteiger partial charge in [0.05, 0.1) is 6.04 Å². The molecule has 100 valence electrons. The van der Waals surface area contributed by atoms with Crippen LogP contribution >= 0.6 is 22.6 Å². The number of carbonyl (C=O) groups is 1. The van der Waals surface area contributed by atoms with Crippen molar-refractivity contribution in [2.75, 3.05) is 20.0 Å². The minimum Gasteiger partial charge on any atom is -0.399 e. The second-order valence-electron chi connectivity index (χ2n) is 3.88. The van der Waals surface area contributed by atoms with Crippen molar-refractivity contribution in [1.82, 2.24) is 5.32 Å². The fourth-order valence-corrected chi connectivity index (χ4v) is 2.30. The highest BCUT2D eigenvalue weighted by Crippen LogP contribution is 2.14. The fraction of sp³-hybridized carbons (Fsp3) is 0.417. The molecule has 0 aliphatic rings. The number of benzene rings is 1. The summed E-state index contributed by atoms with van der Waals surface area (Å²) in [5.41, 5.74) is 6.80. The molecule has 18 heavy (non-hydrogen) atoms. The van der Waals surface area contributed by atoms with Crippen LogP contribution in [0.3, 0.4) is 0 Å². The van der Waals surface area contributed by atoms with Crippen molar-refractivity contribution in [3.05, 3.63) is 27.3 Å². The van der Waals surface area contributed by atoms with Crippen LogP contribution in [0.15, 0.2) is 18.2 Å². The Bertz CT molecular complexity index is 402. The van der Waals surface area contributed by atoms with Crippen LogP contribution in [0.4, 0.5) is 5.69 Å². The Morgan fingerprint density at radius 2 is 1.94 bits per heavy atom. The highest BCUT2D eigenvalue weighted by atomic mass is 127. The van der Waals surface area contributed by atoms with Gasteiger partial charge in [-0.05, 0) is 47.7 Å². The van der Waals surface area contributed by atoms with Gasteiger partial charge in [-0.25, -0.2) is 0 Å². The smallest absolute Gasteiger partial charge is 0.251 e. The van der Waals surface area contributed by atoms with E-state index < -0.39 is 6.29 Å². The molecule has 1 rings (SSSR count). The topological polar surface area (TPSA) is 73.6 Å². The van der Waals surface area contributed by atoms with Gasteiger partial charge >= 0.3 is 0 Å². The normalized spacial score (nSPS) is 12.5. The Morgan fingerprint density at radius 3 is 2.44 bits per heavy atom. The van der Waals surface area contributed by atoms with Crippen LogP contribution < -0.4 is 11.1 Å². The summed E-state index contributed by atoms with van der Waals surface area (Å²) in [6.45, 7) is 1.81. The number of anilines is 1. The Labute approximate surface area is 120 Å². The third-order valence-corrected chi connectivity index (χ3v) is 3.04. The fourth-order valence-electron chi connectivity index (χ4n) is 1.61. The maximum atomic E-state index is 12.0. The molecule has 1 aromatic rings. The Kier molecular flexibility index (Phi) is 5.83. The molecular formula is C12H17IN2O3. The monoisotopic (exact) mass is 364 g/mol. The van der Waals surface area contributed by atoms with Crippen LogP contribution in [0.25, 0.3) is 0 Å². The first kappa shape index (κ1) is 15.2. The van der Waals surface area contributed by atoms with Crippen LogP contribution in [-0.4, -0.2) is 32.5 Å². The Balaban J connectivity index is 2.76. The van der Waals surface area contributed by atoms with E-state index in [4.69, 9.17) is 15.2 Å². The van der Waals surface area contributed by atoms with Gasteiger partial charge in [0.2, 0.25) is 0 Å². The first-order valence-corrected chi connectivity index (χ1v) is 6.48. The SMILES string of the molecule is COC(OC)C(C)NC(=O)c1cc(N)cc(I)c1. The van der Waals surface area contributed by atoms with Crippen LogP contribution in [-0.2, 0) is 9.47 Å². The van der Waals surface area contributed by atoms with E-state index in [0.717, 1.165) is 3.57 Å². The zero-order valence-electron chi connectivity index (χ0n) is 10.6. The summed E-state index contributed by atoms with van der Waals surface area (Å²) in [7, 11) is 3.06. The summed E-state index contributed by atoms with van der Waals surface area (Å²) >= 11 is 2.12. The third kappa shape index (κ3) is 4.11. The molecule has 1 amide bonds. The van der Waals surface area contributed by atoms with Gasteiger partial charge in [-0.15, -0.1) is 0 Å². The van der Waals surface area contributed by atoms with Crippen molar-refractivity contribution in [1.29, 1.82) is 0 Å². The van der Waals surface area contributed by atoms with Crippen LogP contribution in [0, 0.1) is 3.57 Å². The number of hydrogen-bond acceptors (Lipinski definition) is 4. The number of hydrogen-bond donors (Lipinski definition) is 2. The summed E-state index contributed by atoms with van der Waals surface area (Å²) in [4.78, 5) is 12.0. The van der Waals surface area contributed by atoms with Gasteiger partial charge in [0.25, 0.3) is 5.91 Å². The molecule has 3 N–H and O–H groups in total. The molecule has 1 atom stereocenters. The minimum absolute atomic E-state index is 0.202. The number of ether oxygens (including phenoxy) is 2. The molecule has 6 heteroatoms. The van der Waals surface area contributed by atoms with Gasteiger partial charge in [-0.3, -0.25) is 4.79 Å². The standard InChI is InChI=1S/C12H17IN2O3/c1-7(12(17-2)18-3)15-11(16)8-4-9(13)6-10(14)5-8/h4-7,12H,14H2,1-3H3,(H,15,16). The number of nitrogen functional groups attached to an aromatic ring is 1. The van der Waals surface area contributed by atoms with Crippen LogP contribution in [0.2, 0.25) is 0 Å². The van der Waals surface area contributed by atoms with E-state index in [-0.39, 0.29) is 11.9 Å². The average Bonchev–Trinajstić information content (AvgIpc) is 2.29. The third-order valence-electron chi connectivity index (χ3n) is 2.41. The van der Waals surface area contributed by atoms with Crippen molar-refractivity contribution in [2.24, 2.45) is 0 Å². The van der Waals surface area contributed by atoms with E-state index in [2.05, 4.69) is 27.9 Å². The lowest BCUT2D eigenvalue weighted by Gasteiger charge is -2.22. The lowest BCUT2D eigenvalue weighted by Crippen LogP contribution is -2.42. The molecule has 5 nitrogen and oxygen atoms in total. The number of amides is 1. The number of rotatable bonds is 5. The molecular weight excluding hydrogens is 347 g/mol. The molecule has 0 spiro atoms. The molecule has 1 aromatic carbocycles. The molecule has 0 saturated carbocycles. The zero-order valence-corrected chi connectivity index (χ0v) is 12.7. The predicted octanol–water partition coefficient (Wildman–Crippen LogP) is 1.61. The molecule has 0 aliphatic carbocycles. The van der Waals surface area contributed by atoms with Gasteiger partial charge in [0.1, 0.15) is 0 Å². The lowest BCUT2D eigenvalue weighted by molar-refractivity contribution is -0.117. The number of nitrogens with two attached hydrogens (primary N) is 1. The van der Waals surface area contributed by atoms with Crippen LogP contribution in [0.5, 0.6) is 0 Å². The zero-order chi connectivity index (χ0) is 13.7. The second-order valence-corrected chi connectivity index (χ2v) is 5.12. The second kappa shape index (κ2) is 6.91. The van der Waals surface area contributed by atoms with E-state index in [9.17, 15) is 4.79 Å². The summed E-state index contributed by atoms with van der Waals surface area (Å²) in [5, 5.41) is 2.80. The summed E-state index contributed by atoms with van der Waals surface area (Å²) in [5.74, 6) is -0.202. The highest BCUT2D eigenvalue weighted by molar-refractivity contribution is 14.1. The summed E-state index contributed by atoms with van der Waals surface area (Å²) in [6, 6.07) is 4.95. The maximum absolute atomic E-state index is 12.0. The van der Waals surface area contributed by atoms with Crippen molar-refractivity contribution < 1.29 is 14.3 Å². The van der Waals surface area contributed by atoms with Gasteiger partial charge in [-0.1, -0.05) is 0 Å². The van der Waals surface area contributed by atoms with E-state index in [1.54, 1.807) is 18.2 Å². The van der Waals surface area contributed by atoms with Gasteiger partial charge < -0.3 is 20.5 Å². The number of nitrogens with one attached hydrogen (secondary N) is 1. The lowest BCUT2D eigenvalue weighted by atomic mass is 10.2. The highest BCUT2D eigenvalue weighted by Gasteiger charge is 2.19. The summed E-state index contributed by atoms with van der Waals surface area (Å²) in [6.07, 6.45) is -0.478. The van der Waals surface area contributed by atoms with Gasteiger partial charge in [-0.2, -0.15) is 0 Å².